The van der Waals surface area contributed by atoms with E-state index in [1.807, 2.05) is 19.2 Å². The molecule has 1 aliphatic heterocycles. The number of hydrogen-bond acceptors (Lipinski definition) is 2. The van der Waals surface area contributed by atoms with Gasteiger partial charge in [-0.15, -0.1) is 0 Å². The Labute approximate surface area is 110 Å². The summed E-state index contributed by atoms with van der Waals surface area (Å²) in [6.45, 7) is 0.835. The molecule has 0 aliphatic carbocycles. The first-order valence-corrected chi connectivity index (χ1v) is 6.74. The Morgan fingerprint density at radius 1 is 1.59 bits per heavy atom. The first-order chi connectivity index (χ1) is 8.22. The summed E-state index contributed by atoms with van der Waals surface area (Å²) in [6.07, 6.45) is 3.27. The topological polar surface area (TPSA) is 21.3 Å². The molecule has 2 nitrogen and oxygen atoms in total. The molecule has 0 bridgehead atoms. The Hall–Kier alpha value is -0.450. The molecule has 0 spiro atoms. The lowest BCUT2D eigenvalue weighted by Gasteiger charge is -2.21. The van der Waals surface area contributed by atoms with Crippen molar-refractivity contribution in [3.05, 3.63) is 34.1 Å². The number of ether oxygens (including phenoxy) is 1. The van der Waals surface area contributed by atoms with Gasteiger partial charge in [0.2, 0.25) is 0 Å². The monoisotopic (exact) mass is 301 g/mol. The SMILES string of the molecule is CNC(CC1CCCO1)c1cccc(Br)c1F. The summed E-state index contributed by atoms with van der Waals surface area (Å²) in [7, 11) is 1.86. The minimum Gasteiger partial charge on any atom is -0.378 e. The van der Waals surface area contributed by atoms with E-state index in [0.29, 0.717) is 10.0 Å². The predicted molar refractivity (Wildman–Crippen MR) is 69.5 cm³/mol. The van der Waals surface area contributed by atoms with Gasteiger partial charge in [0.15, 0.2) is 0 Å². The van der Waals surface area contributed by atoms with E-state index in [2.05, 4.69) is 21.2 Å². The zero-order chi connectivity index (χ0) is 12.3. The van der Waals surface area contributed by atoms with Gasteiger partial charge in [-0.1, -0.05) is 12.1 Å². The van der Waals surface area contributed by atoms with Crippen molar-refractivity contribution in [1.82, 2.24) is 5.32 Å². The lowest BCUT2D eigenvalue weighted by Crippen LogP contribution is -2.23. The lowest BCUT2D eigenvalue weighted by atomic mass is 9.99. The molecule has 1 N–H and O–H groups in total. The minimum atomic E-state index is -0.176. The van der Waals surface area contributed by atoms with E-state index in [1.54, 1.807) is 6.07 Å². The van der Waals surface area contributed by atoms with Crippen LogP contribution >= 0.6 is 15.9 Å². The van der Waals surface area contributed by atoms with E-state index in [9.17, 15) is 4.39 Å². The molecule has 1 fully saturated rings. The minimum absolute atomic E-state index is 0.00981. The van der Waals surface area contributed by atoms with E-state index in [0.717, 1.165) is 25.9 Å². The Balaban J connectivity index is 2.13. The Morgan fingerprint density at radius 3 is 3.06 bits per heavy atom. The molecule has 17 heavy (non-hydrogen) atoms. The van der Waals surface area contributed by atoms with Gasteiger partial charge in [-0.25, -0.2) is 4.39 Å². The molecule has 2 rings (SSSR count). The normalized spacial score (nSPS) is 21.7. The molecule has 4 heteroatoms. The summed E-state index contributed by atoms with van der Waals surface area (Å²) in [4.78, 5) is 0. The molecule has 0 radical (unpaired) electrons. The first-order valence-electron chi connectivity index (χ1n) is 5.95. The second-order valence-electron chi connectivity index (χ2n) is 4.36. The zero-order valence-electron chi connectivity index (χ0n) is 9.88. The van der Waals surface area contributed by atoms with Gasteiger partial charge in [0, 0.05) is 18.2 Å². The van der Waals surface area contributed by atoms with Crippen molar-refractivity contribution in [3.8, 4) is 0 Å². The standard InChI is InChI=1S/C13H17BrFNO/c1-16-12(8-9-4-3-7-17-9)10-5-2-6-11(14)13(10)15/h2,5-6,9,12,16H,3-4,7-8H2,1H3. The molecule has 1 saturated heterocycles. The second-order valence-corrected chi connectivity index (χ2v) is 5.21. The Bertz CT molecular complexity index is 380. The predicted octanol–water partition coefficient (Wildman–Crippen LogP) is 3.42. The summed E-state index contributed by atoms with van der Waals surface area (Å²) in [5.74, 6) is -0.176. The van der Waals surface area contributed by atoms with Crippen molar-refractivity contribution in [2.24, 2.45) is 0 Å². The summed E-state index contributed by atoms with van der Waals surface area (Å²) >= 11 is 3.22. The fraction of sp³-hybridized carbons (Fsp3) is 0.538. The van der Waals surface area contributed by atoms with E-state index < -0.39 is 0 Å². The highest BCUT2D eigenvalue weighted by molar-refractivity contribution is 9.10. The van der Waals surface area contributed by atoms with E-state index >= 15 is 0 Å². The molecule has 0 aromatic heterocycles. The summed E-state index contributed by atoms with van der Waals surface area (Å²) in [6, 6.07) is 5.42. The number of nitrogens with one attached hydrogen (secondary N) is 1. The molecule has 1 aliphatic rings. The number of hydrogen-bond donors (Lipinski definition) is 1. The molecule has 0 saturated carbocycles. The van der Waals surface area contributed by atoms with Crippen molar-refractivity contribution >= 4 is 15.9 Å². The second kappa shape index (κ2) is 5.94. The lowest BCUT2D eigenvalue weighted by molar-refractivity contribution is 0.0950. The van der Waals surface area contributed by atoms with Crippen LogP contribution in [-0.4, -0.2) is 19.8 Å². The van der Waals surface area contributed by atoms with Gasteiger partial charge >= 0.3 is 0 Å². The van der Waals surface area contributed by atoms with Crippen LogP contribution in [0, 0.1) is 5.82 Å². The molecule has 0 amide bonds. The molecule has 94 valence electrons. The fourth-order valence-electron chi connectivity index (χ4n) is 2.28. The Morgan fingerprint density at radius 2 is 2.41 bits per heavy atom. The van der Waals surface area contributed by atoms with Gasteiger partial charge in [-0.2, -0.15) is 0 Å². The van der Waals surface area contributed by atoms with Gasteiger partial charge in [-0.05, 0) is 48.3 Å². The largest absolute Gasteiger partial charge is 0.378 e. The third-order valence-corrected chi connectivity index (χ3v) is 3.84. The van der Waals surface area contributed by atoms with Crippen LogP contribution in [-0.2, 0) is 4.74 Å². The van der Waals surface area contributed by atoms with Crippen molar-refractivity contribution < 1.29 is 9.13 Å². The van der Waals surface area contributed by atoms with E-state index in [4.69, 9.17) is 4.74 Å². The van der Waals surface area contributed by atoms with Crippen LogP contribution in [0.1, 0.15) is 30.9 Å². The quantitative estimate of drug-likeness (QED) is 0.920. The maximum absolute atomic E-state index is 14.0. The van der Waals surface area contributed by atoms with Crippen molar-refractivity contribution in [1.29, 1.82) is 0 Å². The van der Waals surface area contributed by atoms with Crippen molar-refractivity contribution in [2.75, 3.05) is 13.7 Å². The molecular weight excluding hydrogens is 285 g/mol. The fourth-order valence-corrected chi connectivity index (χ4v) is 2.66. The average Bonchev–Trinajstić information content (AvgIpc) is 2.83. The molecule has 2 atom stereocenters. The first kappa shape index (κ1) is 13.0. The summed E-state index contributed by atoms with van der Waals surface area (Å²) < 4.78 is 20.1. The molecular formula is C13H17BrFNO. The van der Waals surface area contributed by atoms with Crippen LogP contribution in [0.2, 0.25) is 0 Å². The molecule has 2 unspecified atom stereocenters. The number of benzene rings is 1. The van der Waals surface area contributed by atoms with Crippen LogP contribution in [0.15, 0.2) is 22.7 Å². The maximum atomic E-state index is 14.0. The highest BCUT2D eigenvalue weighted by Gasteiger charge is 2.23. The average molecular weight is 302 g/mol. The van der Waals surface area contributed by atoms with Gasteiger partial charge in [0.25, 0.3) is 0 Å². The summed E-state index contributed by atoms with van der Waals surface area (Å²) in [5.41, 5.74) is 0.706. The van der Waals surface area contributed by atoms with Gasteiger partial charge in [-0.3, -0.25) is 0 Å². The van der Waals surface area contributed by atoms with Gasteiger partial charge in [0.1, 0.15) is 5.82 Å². The maximum Gasteiger partial charge on any atom is 0.142 e. The highest BCUT2D eigenvalue weighted by atomic mass is 79.9. The van der Waals surface area contributed by atoms with Crippen LogP contribution in [0.5, 0.6) is 0 Å². The molecule has 1 aromatic rings. The van der Waals surface area contributed by atoms with Gasteiger partial charge in [0.05, 0.1) is 10.6 Å². The number of halogens is 2. The zero-order valence-corrected chi connectivity index (χ0v) is 11.5. The Kier molecular flexibility index (Phi) is 4.54. The van der Waals surface area contributed by atoms with Crippen LogP contribution < -0.4 is 5.32 Å². The third kappa shape index (κ3) is 3.06. The molecule has 1 aromatic carbocycles. The van der Waals surface area contributed by atoms with E-state index in [1.165, 1.54) is 0 Å². The molecule has 1 heterocycles. The van der Waals surface area contributed by atoms with Crippen LogP contribution in [0.25, 0.3) is 0 Å². The third-order valence-electron chi connectivity index (χ3n) is 3.23. The highest BCUT2D eigenvalue weighted by Crippen LogP contribution is 2.29. The smallest absolute Gasteiger partial charge is 0.142 e. The summed E-state index contributed by atoms with van der Waals surface area (Å²) in [5, 5.41) is 3.17. The van der Waals surface area contributed by atoms with Gasteiger partial charge < -0.3 is 10.1 Å². The van der Waals surface area contributed by atoms with Crippen LogP contribution in [0.3, 0.4) is 0 Å². The van der Waals surface area contributed by atoms with Crippen molar-refractivity contribution in [2.45, 2.75) is 31.4 Å². The van der Waals surface area contributed by atoms with Crippen molar-refractivity contribution in [3.63, 3.8) is 0 Å². The van der Waals surface area contributed by atoms with E-state index in [-0.39, 0.29) is 18.0 Å². The van der Waals surface area contributed by atoms with Crippen LogP contribution in [0.4, 0.5) is 4.39 Å². The number of rotatable bonds is 4.